The highest BCUT2D eigenvalue weighted by atomic mass is 35.5. The summed E-state index contributed by atoms with van der Waals surface area (Å²) in [6.07, 6.45) is 1.45. The monoisotopic (exact) mass is 432 g/mol. The highest BCUT2D eigenvalue weighted by Gasteiger charge is 2.14. The van der Waals surface area contributed by atoms with E-state index in [-0.39, 0.29) is 0 Å². The number of hydrazone groups is 1. The van der Waals surface area contributed by atoms with Crippen LogP contribution >= 0.6 is 23.2 Å². The Hall–Kier alpha value is -3.03. The maximum Gasteiger partial charge on any atom is 0.271 e. The maximum atomic E-state index is 12.3. The smallest absolute Gasteiger partial charge is 0.271 e. The Morgan fingerprint density at radius 1 is 1.14 bits per heavy atom. The van der Waals surface area contributed by atoms with Crippen molar-refractivity contribution in [3.05, 3.63) is 69.5 Å². The molecule has 0 saturated heterocycles. The van der Waals surface area contributed by atoms with Gasteiger partial charge in [-0.15, -0.1) is 0 Å². The number of hydrogen-bond acceptors (Lipinski definition) is 5. The van der Waals surface area contributed by atoms with Crippen LogP contribution in [0.15, 0.2) is 47.6 Å². The fraction of sp³-hybridized carbons (Fsp3) is 0.150. The van der Waals surface area contributed by atoms with E-state index in [0.717, 1.165) is 5.69 Å². The van der Waals surface area contributed by atoms with Gasteiger partial charge in [0, 0.05) is 10.6 Å². The molecule has 0 spiro atoms. The summed E-state index contributed by atoms with van der Waals surface area (Å²) in [7, 11) is 3.03. The van der Waals surface area contributed by atoms with E-state index >= 15 is 0 Å². The molecule has 29 heavy (non-hydrogen) atoms. The van der Waals surface area contributed by atoms with Gasteiger partial charge >= 0.3 is 0 Å². The zero-order chi connectivity index (χ0) is 21.0. The molecule has 0 aliphatic rings. The van der Waals surface area contributed by atoms with Crippen LogP contribution in [-0.4, -0.2) is 36.1 Å². The predicted octanol–water partition coefficient (Wildman–Crippen LogP) is 4.27. The lowest BCUT2D eigenvalue weighted by atomic mass is 10.2. The predicted molar refractivity (Wildman–Crippen MR) is 113 cm³/mol. The first-order chi connectivity index (χ1) is 13.9. The topological polar surface area (TPSA) is 77.7 Å². The van der Waals surface area contributed by atoms with E-state index in [4.69, 9.17) is 32.7 Å². The summed E-state index contributed by atoms with van der Waals surface area (Å²) < 4.78 is 11.9. The molecule has 1 heterocycles. The van der Waals surface area contributed by atoms with Crippen molar-refractivity contribution in [2.24, 2.45) is 5.10 Å². The Kier molecular flexibility index (Phi) is 6.41. The molecule has 7 nitrogen and oxygen atoms in total. The molecule has 2 aromatic carbocycles. The lowest BCUT2D eigenvalue weighted by Gasteiger charge is -2.08. The second-order valence-electron chi connectivity index (χ2n) is 5.95. The van der Waals surface area contributed by atoms with Gasteiger partial charge in [-0.05, 0) is 43.3 Å². The molecular weight excluding hydrogens is 415 g/mol. The molecule has 1 N–H and O–H groups in total. The Labute approximate surface area is 177 Å². The number of methoxy groups -OCH3 is 2. The zero-order valence-corrected chi connectivity index (χ0v) is 17.5. The Morgan fingerprint density at radius 3 is 2.59 bits per heavy atom. The standard InChI is InChI=1S/C20H18Cl2N4O3/c1-12-16(19(22)26(25-12)15-6-4-5-14(21)10-15)11-23-24-20(27)13-7-8-17(28-2)18(9-13)29-3/h4-11H,1-3H3,(H,24,27). The Morgan fingerprint density at radius 2 is 1.90 bits per heavy atom. The fourth-order valence-electron chi connectivity index (χ4n) is 2.63. The van der Waals surface area contributed by atoms with Crippen molar-refractivity contribution in [2.45, 2.75) is 6.92 Å². The number of carbonyl (C=O) groups excluding carboxylic acids is 1. The average Bonchev–Trinajstić information content (AvgIpc) is 3.01. The minimum atomic E-state index is -0.404. The number of carbonyl (C=O) groups is 1. The lowest BCUT2D eigenvalue weighted by molar-refractivity contribution is 0.0954. The van der Waals surface area contributed by atoms with Crippen LogP contribution in [0.2, 0.25) is 10.2 Å². The van der Waals surface area contributed by atoms with Crippen LogP contribution in [0, 0.1) is 6.92 Å². The molecule has 0 aliphatic heterocycles. The van der Waals surface area contributed by atoms with Gasteiger partial charge in [-0.2, -0.15) is 10.2 Å². The van der Waals surface area contributed by atoms with Crippen LogP contribution < -0.4 is 14.9 Å². The van der Waals surface area contributed by atoms with Crippen molar-refractivity contribution in [1.29, 1.82) is 0 Å². The van der Waals surface area contributed by atoms with Crippen molar-refractivity contribution in [1.82, 2.24) is 15.2 Å². The number of ether oxygens (including phenoxy) is 2. The zero-order valence-electron chi connectivity index (χ0n) is 15.9. The first-order valence-electron chi connectivity index (χ1n) is 8.51. The molecule has 3 rings (SSSR count). The van der Waals surface area contributed by atoms with Crippen LogP contribution in [0.3, 0.4) is 0 Å². The number of aryl methyl sites for hydroxylation is 1. The lowest BCUT2D eigenvalue weighted by Crippen LogP contribution is -2.17. The van der Waals surface area contributed by atoms with E-state index in [1.807, 2.05) is 12.1 Å². The molecule has 0 saturated carbocycles. The van der Waals surface area contributed by atoms with Gasteiger partial charge in [0.1, 0.15) is 5.15 Å². The number of benzene rings is 2. The molecule has 0 radical (unpaired) electrons. The molecule has 0 bridgehead atoms. The van der Waals surface area contributed by atoms with Gasteiger partial charge in [-0.1, -0.05) is 29.3 Å². The van der Waals surface area contributed by atoms with Crippen LogP contribution in [-0.2, 0) is 0 Å². The first-order valence-corrected chi connectivity index (χ1v) is 9.26. The second-order valence-corrected chi connectivity index (χ2v) is 6.74. The quantitative estimate of drug-likeness (QED) is 0.465. The van der Waals surface area contributed by atoms with Gasteiger partial charge in [0.2, 0.25) is 0 Å². The normalized spacial score (nSPS) is 10.9. The van der Waals surface area contributed by atoms with Crippen LogP contribution in [0.25, 0.3) is 5.69 Å². The highest BCUT2D eigenvalue weighted by molar-refractivity contribution is 6.32. The molecule has 1 aromatic heterocycles. The molecule has 1 amide bonds. The van der Waals surface area contributed by atoms with Crippen molar-refractivity contribution in [2.75, 3.05) is 14.2 Å². The van der Waals surface area contributed by atoms with Gasteiger partial charge in [0.05, 0.1) is 37.4 Å². The third-order valence-corrected chi connectivity index (χ3v) is 4.71. The molecule has 9 heteroatoms. The first kappa shape index (κ1) is 20.7. The molecule has 0 unspecified atom stereocenters. The molecule has 3 aromatic rings. The number of amides is 1. The van der Waals surface area contributed by atoms with E-state index < -0.39 is 5.91 Å². The molecule has 0 atom stereocenters. The van der Waals surface area contributed by atoms with Gasteiger partial charge in [-0.25, -0.2) is 10.1 Å². The summed E-state index contributed by atoms with van der Waals surface area (Å²) in [5.41, 5.74) is 4.80. The number of halogens is 2. The van der Waals surface area contributed by atoms with E-state index in [9.17, 15) is 4.79 Å². The molecule has 150 valence electrons. The minimum Gasteiger partial charge on any atom is -0.493 e. The summed E-state index contributed by atoms with van der Waals surface area (Å²) in [5.74, 6) is 0.576. The average molecular weight is 433 g/mol. The van der Waals surface area contributed by atoms with Gasteiger partial charge in [-0.3, -0.25) is 4.79 Å². The summed E-state index contributed by atoms with van der Waals surface area (Å²) in [5, 5.41) is 9.34. The maximum absolute atomic E-state index is 12.3. The summed E-state index contributed by atoms with van der Waals surface area (Å²) in [6, 6.07) is 12.0. The van der Waals surface area contributed by atoms with E-state index in [1.165, 1.54) is 20.4 Å². The fourth-order valence-corrected chi connectivity index (χ4v) is 3.14. The SMILES string of the molecule is COc1ccc(C(=O)NN=Cc2c(C)nn(-c3cccc(Cl)c3)c2Cl)cc1OC. The highest BCUT2D eigenvalue weighted by Crippen LogP contribution is 2.27. The minimum absolute atomic E-state index is 0.355. The molecular formula is C20H18Cl2N4O3. The third-order valence-electron chi connectivity index (χ3n) is 4.11. The molecule has 0 aliphatic carbocycles. The molecule has 0 fully saturated rings. The van der Waals surface area contributed by atoms with Crippen molar-refractivity contribution in [3.8, 4) is 17.2 Å². The van der Waals surface area contributed by atoms with Crippen molar-refractivity contribution in [3.63, 3.8) is 0 Å². The van der Waals surface area contributed by atoms with Gasteiger partial charge in [0.15, 0.2) is 11.5 Å². The second kappa shape index (κ2) is 8.98. The van der Waals surface area contributed by atoms with Crippen molar-refractivity contribution >= 4 is 35.3 Å². The van der Waals surface area contributed by atoms with Crippen molar-refractivity contribution < 1.29 is 14.3 Å². The third kappa shape index (κ3) is 4.52. The van der Waals surface area contributed by atoms with Gasteiger partial charge in [0.25, 0.3) is 5.91 Å². The number of nitrogens with zero attached hydrogens (tertiary/aromatic N) is 3. The van der Waals surface area contributed by atoms with Crippen LogP contribution in [0.1, 0.15) is 21.6 Å². The van der Waals surface area contributed by atoms with Crippen LogP contribution in [0.4, 0.5) is 0 Å². The summed E-state index contributed by atoms with van der Waals surface area (Å²) in [4.78, 5) is 12.3. The van der Waals surface area contributed by atoms with E-state index in [0.29, 0.717) is 38.5 Å². The summed E-state index contributed by atoms with van der Waals surface area (Å²) in [6.45, 7) is 1.80. The Bertz CT molecular complexity index is 1080. The van der Waals surface area contributed by atoms with E-state index in [2.05, 4.69) is 15.6 Å². The largest absolute Gasteiger partial charge is 0.493 e. The Balaban J connectivity index is 1.78. The van der Waals surface area contributed by atoms with Gasteiger partial charge < -0.3 is 9.47 Å². The number of nitrogens with one attached hydrogen (secondary N) is 1. The van der Waals surface area contributed by atoms with Crippen LogP contribution in [0.5, 0.6) is 11.5 Å². The number of hydrogen-bond donors (Lipinski definition) is 1. The number of aromatic nitrogens is 2. The summed E-state index contributed by atoms with van der Waals surface area (Å²) >= 11 is 12.5. The van der Waals surface area contributed by atoms with E-state index in [1.54, 1.807) is 41.9 Å². The number of rotatable bonds is 6.